The van der Waals surface area contributed by atoms with Crippen molar-refractivity contribution >= 4 is 17.1 Å². The zero-order chi connectivity index (χ0) is 19.1. The second kappa shape index (κ2) is 6.68. The Morgan fingerprint density at radius 1 is 1.11 bits per heavy atom. The van der Waals surface area contributed by atoms with Crippen LogP contribution in [0.1, 0.15) is 31.2 Å². The molecule has 0 atom stereocenters. The normalized spacial score (nSPS) is 14.9. The van der Waals surface area contributed by atoms with Gasteiger partial charge in [0.15, 0.2) is 11.2 Å². The average Bonchev–Trinajstić information content (AvgIpc) is 3.27. The molecule has 27 heavy (non-hydrogen) atoms. The van der Waals surface area contributed by atoms with E-state index in [1.165, 1.54) is 29.5 Å². The van der Waals surface area contributed by atoms with Gasteiger partial charge in [0.2, 0.25) is 5.95 Å². The molecule has 1 aliphatic rings. The highest BCUT2D eigenvalue weighted by molar-refractivity contribution is 5.74. The zero-order valence-electron chi connectivity index (χ0n) is 15.4. The molecule has 1 saturated carbocycles. The van der Waals surface area contributed by atoms with Crippen molar-refractivity contribution in [3.05, 3.63) is 56.5 Å². The van der Waals surface area contributed by atoms with Crippen LogP contribution in [0.25, 0.3) is 11.2 Å². The van der Waals surface area contributed by atoms with Gasteiger partial charge in [-0.05, 0) is 30.5 Å². The van der Waals surface area contributed by atoms with Crippen LogP contribution >= 0.6 is 0 Å². The number of aromatic nitrogens is 4. The Morgan fingerprint density at radius 3 is 2.44 bits per heavy atom. The Bertz CT molecular complexity index is 1100. The smallest absolute Gasteiger partial charge is 0.332 e. The van der Waals surface area contributed by atoms with Crippen molar-refractivity contribution in [3.63, 3.8) is 0 Å². The van der Waals surface area contributed by atoms with Gasteiger partial charge in [-0.15, -0.1) is 0 Å². The van der Waals surface area contributed by atoms with Crippen LogP contribution in [0.2, 0.25) is 0 Å². The number of hydrogen-bond acceptors (Lipinski definition) is 4. The number of nitrogens with one attached hydrogen (secondary N) is 1. The predicted octanol–water partition coefficient (Wildman–Crippen LogP) is 1.98. The molecule has 2 aromatic heterocycles. The van der Waals surface area contributed by atoms with Crippen LogP contribution in [0, 0.1) is 5.82 Å². The number of halogens is 1. The molecule has 0 saturated heterocycles. The monoisotopic (exact) mass is 371 g/mol. The Morgan fingerprint density at radius 2 is 1.78 bits per heavy atom. The first-order valence-electron chi connectivity index (χ1n) is 9.13. The van der Waals surface area contributed by atoms with E-state index in [-0.39, 0.29) is 12.4 Å². The maximum absolute atomic E-state index is 13.1. The molecule has 0 radical (unpaired) electrons. The summed E-state index contributed by atoms with van der Waals surface area (Å²) in [5.41, 5.74) is 0.582. The van der Waals surface area contributed by atoms with E-state index in [2.05, 4.69) is 10.3 Å². The van der Waals surface area contributed by atoms with Crippen molar-refractivity contribution in [1.29, 1.82) is 0 Å². The zero-order valence-corrected chi connectivity index (χ0v) is 15.4. The third kappa shape index (κ3) is 3.05. The van der Waals surface area contributed by atoms with Gasteiger partial charge in [0.25, 0.3) is 5.56 Å². The molecule has 142 valence electrons. The lowest BCUT2D eigenvalue weighted by molar-refractivity contribution is 0.623. The van der Waals surface area contributed by atoms with Crippen molar-refractivity contribution in [2.24, 2.45) is 14.1 Å². The third-order valence-electron chi connectivity index (χ3n) is 5.30. The fourth-order valence-corrected chi connectivity index (χ4v) is 3.74. The number of anilines is 1. The van der Waals surface area contributed by atoms with Gasteiger partial charge in [-0.2, -0.15) is 4.98 Å². The lowest BCUT2D eigenvalue weighted by Gasteiger charge is -2.12. The molecule has 1 N–H and O–H groups in total. The summed E-state index contributed by atoms with van der Waals surface area (Å²) in [4.78, 5) is 30.3. The number of aryl methyl sites for hydroxylation is 2. The van der Waals surface area contributed by atoms with Crippen LogP contribution in [0.15, 0.2) is 33.9 Å². The molecule has 1 fully saturated rings. The summed E-state index contributed by atoms with van der Waals surface area (Å²) in [5.74, 6) is 0.243. The van der Waals surface area contributed by atoms with Crippen LogP contribution in [-0.2, 0) is 20.6 Å². The number of fused-ring (bicyclic) bond motifs is 1. The van der Waals surface area contributed by atoms with E-state index in [0.717, 1.165) is 17.4 Å². The molecule has 8 heteroatoms. The average molecular weight is 371 g/mol. The highest BCUT2D eigenvalue weighted by atomic mass is 19.1. The Kier molecular flexibility index (Phi) is 4.33. The van der Waals surface area contributed by atoms with Crippen LogP contribution in [0.3, 0.4) is 0 Å². The predicted molar refractivity (Wildman–Crippen MR) is 102 cm³/mol. The highest BCUT2D eigenvalue weighted by Gasteiger charge is 2.21. The van der Waals surface area contributed by atoms with Gasteiger partial charge in [0, 0.05) is 20.1 Å². The number of nitrogens with zero attached hydrogens (tertiary/aromatic N) is 4. The van der Waals surface area contributed by atoms with E-state index in [0.29, 0.717) is 28.7 Å². The maximum atomic E-state index is 13.1. The highest BCUT2D eigenvalue weighted by Crippen LogP contribution is 2.23. The molecular formula is C19H22FN5O2. The Balaban J connectivity index is 1.81. The third-order valence-corrected chi connectivity index (χ3v) is 5.30. The summed E-state index contributed by atoms with van der Waals surface area (Å²) in [5, 5.41) is 3.39. The summed E-state index contributed by atoms with van der Waals surface area (Å²) in [6.07, 6.45) is 4.53. The molecule has 4 rings (SSSR count). The number of rotatable bonds is 4. The number of hydrogen-bond donors (Lipinski definition) is 1. The van der Waals surface area contributed by atoms with Crippen molar-refractivity contribution < 1.29 is 4.39 Å². The van der Waals surface area contributed by atoms with E-state index in [1.54, 1.807) is 30.8 Å². The van der Waals surface area contributed by atoms with E-state index in [1.807, 2.05) is 0 Å². The minimum Gasteiger partial charge on any atom is -0.353 e. The van der Waals surface area contributed by atoms with E-state index in [4.69, 9.17) is 0 Å². The molecular weight excluding hydrogens is 349 g/mol. The fourth-order valence-electron chi connectivity index (χ4n) is 3.74. The van der Waals surface area contributed by atoms with Gasteiger partial charge in [-0.25, -0.2) is 9.18 Å². The van der Waals surface area contributed by atoms with Gasteiger partial charge in [0.05, 0.1) is 6.54 Å². The van der Waals surface area contributed by atoms with Gasteiger partial charge in [-0.3, -0.25) is 13.9 Å². The molecule has 0 spiro atoms. The molecule has 7 nitrogen and oxygen atoms in total. The Labute approximate surface area is 155 Å². The molecule has 1 aromatic carbocycles. The summed E-state index contributed by atoms with van der Waals surface area (Å²) in [7, 11) is 3.39. The first-order valence-corrected chi connectivity index (χ1v) is 9.13. The summed E-state index contributed by atoms with van der Waals surface area (Å²) < 4.78 is 17.4. The summed E-state index contributed by atoms with van der Waals surface area (Å²) in [6.45, 7) is 0.0816. The van der Waals surface area contributed by atoms with Gasteiger partial charge in [-0.1, -0.05) is 25.0 Å². The van der Waals surface area contributed by atoms with E-state index >= 15 is 0 Å². The first-order chi connectivity index (χ1) is 13.0. The van der Waals surface area contributed by atoms with Crippen molar-refractivity contribution in [2.45, 2.75) is 38.3 Å². The Hall–Kier alpha value is -2.90. The second-order valence-corrected chi connectivity index (χ2v) is 7.15. The molecule has 0 amide bonds. The minimum atomic E-state index is -0.442. The topological polar surface area (TPSA) is 73.8 Å². The molecule has 0 bridgehead atoms. The van der Waals surface area contributed by atoms with Crippen molar-refractivity contribution in [1.82, 2.24) is 18.7 Å². The molecule has 2 heterocycles. The van der Waals surface area contributed by atoms with Crippen LogP contribution in [0.4, 0.5) is 10.3 Å². The minimum absolute atomic E-state index is 0.0816. The molecule has 0 unspecified atom stereocenters. The molecule has 3 aromatic rings. The van der Waals surface area contributed by atoms with Crippen LogP contribution < -0.4 is 16.6 Å². The van der Waals surface area contributed by atoms with Gasteiger partial charge >= 0.3 is 5.69 Å². The standard InChI is InChI=1S/C19H22FN5O2/c1-23-15-16(22-18(23)21-14-5-3-4-6-14)24(2)19(27)25(17(15)26)11-12-7-9-13(20)10-8-12/h7-10,14H,3-6,11H2,1-2H3,(H,21,22). The van der Waals surface area contributed by atoms with Crippen LogP contribution in [-0.4, -0.2) is 24.7 Å². The lowest BCUT2D eigenvalue weighted by atomic mass is 10.2. The van der Waals surface area contributed by atoms with Gasteiger partial charge < -0.3 is 9.88 Å². The molecule has 0 aliphatic heterocycles. The second-order valence-electron chi connectivity index (χ2n) is 7.15. The fraction of sp³-hybridized carbons (Fsp3) is 0.421. The first kappa shape index (κ1) is 17.5. The quantitative estimate of drug-likeness (QED) is 0.761. The maximum Gasteiger partial charge on any atom is 0.332 e. The van der Waals surface area contributed by atoms with E-state index < -0.39 is 11.2 Å². The summed E-state index contributed by atoms with van der Waals surface area (Å²) >= 11 is 0. The van der Waals surface area contributed by atoms with Crippen LogP contribution in [0.5, 0.6) is 0 Å². The van der Waals surface area contributed by atoms with Gasteiger partial charge in [0.1, 0.15) is 5.82 Å². The SMILES string of the molecule is Cn1c(NC2CCCC2)nc2c1c(=O)n(Cc1ccc(F)cc1)c(=O)n2C. The lowest BCUT2D eigenvalue weighted by Crippen LogP contribution is -2.39. The number of benzene rings is 1. The number of imidazole rings is 1. The molecule has 1 aliphatic carbocycles. The summed E-state index contributed by atoms with van der Waals surface area (Å²) in [6, 6.07) is 6.12. The van der Waals surface area contributed by atoms with E-state index in [9.17, 15) is 14.0 Å². The largest absolute Gasteiger partial charge is 0.353 e. The van der Waals surface area contributed by atoms with Crippen molar-refractivity contribution in [2.75, 3.05) is 5.32 Å². The van der Waals surface area contributed by atoms with Crippen molar-refractivity contribution in [3.8, 4) is 0 Å².